The number of hydrogen-bond acceptors (Lipinski definition) is 6. The average molecular weight is 289 g/mol. The van der Waals surface area contributed by atoms with Crippen LogP contribution in [-0.4, -0.2) is 40.0 Å². The predicted octanol–water partition coefficient (Wildman–Crippen LogP) is 2.71. The number of likely N-dealkylation sites (tertiary alicyclic amines) is 1. The number of likely N-dealkylation sites (N-methyl/N-ethyl adjacent to an activating group) is 1. The maximum absolute atomic E-state index is 4.60. The lowest BCUT2D eigenvalue weighted by Gasteiger charge is -2.12. The molecule has 0 unspecified atom stereocenters. The Morgan fingerprint density at radius 3 is 2.80 bits per heavy atom. The van der Waals surface area contributed by atoms with Crippen LogP contribution in [0.15, 0.2) is 11.4 Å². The van der Waals surface area contributed by atoms with E-state index in [-0.39, 0.29) is 0 Å². The zero-order valence-corrected chi connectivity index (χ0v) is 12.9. The molecule has 0 aromatic carbocycles. The fraction of sp³-hybridized carbons (Fsp3) is 0.500. The summed E-state index contributed by atoms with van der Waals surface area (Å²) in [4.78, 5) is 15.8. The molecule has 0 radical (unpaired) electrons. The molecule has 0 amide bonds. The Kier molecular flexibility index (Phi) is 3.67. The highest BCUT2D eigenvalue weighted by Gasteiger charge is 2.23. The Morgan fingerprint density at radius 1 is 1.30 bits per heavy atom. The van der Waals surface area contributed by atoms with Crippen LogP contribution >= 0.6 is 11.3 Å². The fourth-order valence-corrected chi connectivity index (χ4v) is 3.26. The third-order valence-corrected chi connectivity index (χ3v) is 4.40. The Bertz CT molecular complexity index is 609. The van der Waals surface area contributed by atoms with Crippen molar-refractivity contribution in [3.05, 3.63) is 28.7 Å². The minimum Gasteiger partial charge on any atom is -0.316 e. The predicted molar refractivity (Wildman–Crippen MR) is 81.8 cm³/mol. The van der Waals surface area contributed by atoms with Crippen LogP contribution in [0.5, 0.6) is 0 Å². The SMILES string of the molecule is Cc1csc(Nc2cc([C@@H]3CCN(C)C3)nc(C)n2)n1. The van der Waals surface area contributed by atoms with Gasteiger partial charge in [0.05, 0.1) is 11.4 Å². The van der Waals surface area contributed by atoms with Gasteiger partial charge in [-0.05, 0) is 33.9 Å². The van der Waals surface area contributed by atoms with Gasteiger partial charge in [-0.2, -0.15) is 0 Å². The molecule has 1 fully saturated rings. The molecule has 2 aromatic heterocycles. The topological polar surface area (TPSA) is 53.9 Å². The van der Waals surface area contributed by atoms with E-state index in [1.165, 1.54) is 6.42 Å². The summed E-state index contributed by atoms with van der Waals surface area (Å²) in [5.41, 5.74) is 2.17. The number of aromatic nitrogens is 3. The quantitative estimate of drug-likeness (QED) is 0.941. The van der Waals surface area contributed by atoms with E-state index in [0.29, 0.717) is 5.92 Å². The number of thiazole rings is 1. The first-order chi connectivity index (χ1) is 9.60. The van der Waals surface area contributed by atoms with Gasteiger partial charge in [0.1, 0.15) is 11.6 Å². The average Bonchev–Trinajstić information content (AvgIpc) is 2.98. The summed E-state index contributed by atoms with van der Waals surface area (Å²) in [5.74, 6) is 2.17. The molecule has 106 valence electrons. The van der Waals surface area contributed by atoms with Crippen molar-refractivity contribution in [2.24, 2.45) is 0 Å². The highest BCUT2D eigenvalue weighted by molar-refractivity contribution is 7.13. The highest BCUT2D eigenvalue weighted by Crippen LogP contribution is 2.27. The van der Waals surface area contributed by atoms with Gasteiger partial charge < -0.3 is 10.2 Å². The van der Waals surface area contributed by atoms with Gasteiger partial charge >= 0.3 is 0 Å². The van der Waals surface area contributed by atoms with E-state index in [2.05, 4.69) is 38.3 Å². The summed E-state index contributed by atoms with van der Waals surface area (Å²) in [6.45, 7) is 6.15. The zero-order chi connectivity index (χ0) is 14.1. The monoisotopic (exact) mass is 289 g/mol. The van der Waals surface area contributed by atoms with Crippen molar-refractivity contribution in [2.75, 3.05) is 25.5 Å². The van der Waals surface area contributed by atoms with Gasteiger partial charge in [0, 0.05) is 23.9 Å². The molecule has 20 heavy (non-hydrogen) atoms. The van der Waals surface area contributed by atoms with Gasteiger partial charge in [-0.15, -0.1) is 11.3 Å². The molecule has 1 aliphatic rings. The Hall–Kier alpha value is -1.53. The maximum Gasteiger partial charge on any atom is 0.188 e. The fourth-order valence-electron chi connectivity index (χ4n) is 2.56. The van der Waals surface area contributed by atoms with Crippen LogP contribution in [-0.2, 0) is 0 Å². The zero-order valence-electron chi connectivity index (χ0n) is 12.1. The summed E-state index contributed by atoms with van der Waals surface area (Å²) in [7, 11) is 2.16. The summed E-state index contributed by atoms with van der Waals surface area (Å²) in [5, 5.41) is 6.20. The number of nitrogens with zero attached hydrogens (tertiary/aromatic N) is 4. The lowest BCUT2D eigenvalue weighted by atomic mass is 10.0. The molecule has 0 saturated carbocycles. The second kappa shape index (κ2) is 5.46. The van der Waals surface area contributed by atoms with Crippen molar-refractivity contribution < 1.29 is 0 Å². The number of aryl methyl sites for hydroxylation is 2. The van der Waals surface area contributed by atoms with E-state index in [9.17, 15) is 0 Å². The first kappa shape index (κ1) is 13.5. The van der Waals surface area contributed by atoms with Crippen molar-refractivity contribution in [1.29, 1.82) is 0 Å². The standard InChI is InChI=1S/C14H19N5S/c1-9-8-20-14(15-9)18-13-6-12(16-10(2)17-13)11-4-5-19(3)7-11/h6,8,11H,4-5,7H2,1-3H3,(H,15,16,17,18)/t11-/m1/s1. The van der Waals surface area contributed by atoms with Crippen molar-refractivity contribution >= 4 is 22.3 Å². The molecule has 3 heterocycles. The van der Waals surface area contributed by atoms with Crippen LogP contribution in [0.3, 0.4) is 0 Å². The van der Waals surface area contributed by atoms with Crippen molar-refractivity contribution in [2.45, 2.75) is 26.2 Å². The van der Waals surface area contributed by atoms with Gasteiger partial charge in [-0.1, -0.05) is 0 Å². The molecular formula is C14H19N5S. The Morgan fingerprint density at radius 2 is 2.15 bits per heavy atom. The molecule has 0 spiro atoms. The van der Waals surface area contributed by atoms with Crippen LogP contribution in [0.4, 0.5) is 10.9 Å². The normalized spacial score (nSPS) is 19.4. The lowest BCUT2D eigenvalue weighted by Crippen LogP contribution is -2.14. The van der Waals surface area contributed by atoms with Crippen molar-refractivity contribution in [1.82, 2.24) is 19.9 Å². The van der Waals surface area contributed by atoms with E-state index < -0.39 is 0 Å². The van der Waals surface area contributed by atoms with Crippen LogP contribution in [0.2, 0.25) is 0 Å². The van der Waals surface area contributed by atoms with E-state index in [1.807, 2.05) is 19.2 Å². The second-order valence-corrected chi connectivity index (χ2v) is 6.25. The van der Waals surface area contributed by atoms with Gasteiger partial charge in [-0.25, -0.2) is 15.0 Å². The van der Waals surface area contributed by atoms with Gasteiger partial charge in [0.25, 0.3) is 0 Å². The maximum atomic E-state index is 4.60. The molecular weight excluding hydrogens is 270 g/mol. The minimum absolute atomic E-state index is 0.514. The first-order valence-electron chi connectivity index (χ1n) is 6.83. The first-order valence-corrected chi connectivity index (χ1v) is 7.71. The van der Waals surface area contributed by atoms with Crippen LogP contribution in [0.25, 0.3) is 0 Å². The Balaban J connectivity index is 1.83. The largest absolute Gasteiger partial charge is 0.316 e. The highest BCUT2D eigenvalue weighted by atomic mass is 32.1. The number of hydrogen-bond donors (Lipinski definition) is 1. The molecule has 0 bridgehead atoms. The van der Waals surface area contributed by atoms with Crippen molar-refractivity contribution in [3.63, 3.8) is 0 Å². The second-order valence-electron chi connectivity index (χ2n) is 5.39. The Labute approximate surface area is 123 Å². The third kappa shape index (κ3) is 2.96. The molecule has 3 rings (SSSR count). The van der Waals surface area contributed by atoms with Gasteiger partial charge in [0.2, 0.25) is 0 Å². The lowest BCUT2D eigenvalue weighted by molar-refractivity contribution is 0.410. The number of nitrogens with one attached hydrogen (secondary N) is 1. The molecule has 6 heteroatoms. The summed E-state index contributed by atoms with van der Waals surface area (Å²) in [6, 6.07) is 2.06. The third-order valence-electron chi connectivity index (χ3n) is 3.52. The molecule has 1 atom stereocenters. The van der Waals surface area contributed by atoms with E-state index in [4.69, 9.17) is 0 Å². The van der Waals surface area contributed by atoms with Gasteiger partial charge in [0.15, 0.2) is 5.13 Å². The number of rotatable bonds is 3. The van der Waals surface area contributed by atoms with Crippen LogP contribution in [0, 0.1) is 13.8 Å². The molecule has 1 N–H and O–H groups in total. The molecule has 1 saturated heterocycles. The van der Waals surface area contributed by atoms with Crippen LogP contribution < -0.4 is 5.32 Å². The molecule has 2 aromatic rings. The van der Waals surface area contributed by atoms with Crippen molar-refractivity contribution in [3.8, 4) is 0 Å². The smallest absolute Gasteiger partial charge is 0.188 e. The van der Waals surface area contributed by atoms with Crippen LogP contribution in [0.1, 0.15) is 29.6 Å². The molecule has 5 nitrogen and oxygen atoms in total. The van der Waals surface area contributed by atoms with E-state index in [0.717, 1.165) is 41.3 Å². The summed E-state index contributed by atoms with van der Waals surface area (Å²) in [6.07, 6.45) is 1.17. The number of anilines is 2. The minimum atomic E-state index is 0.514. The molecule has 0 aliphatic carbocycles. The van der Waals surface area contributed by atoms with E-state index >= 15 is 0 Å². The summed E-state index contributed by atoms with van der Waals surface area (Å²) < 4.78 is 0. The molecule has 1 aliphatic heterocycles. The summed E-state index contributed by atoms with van der Waals surface area (Å²) >= 11 is 1.60. The van der Waals surface area contributed by atoms with E-state index in [1.54, 1.807) is 11.3 Å². The van der Waals surface area contributed by atoms with Gasteiger partial charge in [-0.3, -0.25) is 0 Å².